The van der Waals surface area contributed by atoms with Crippen LogP contribution in [0, 0.1) is 0 Å². The minimum absolute atomic E-state index is 0.0183. The summed E-state index contributed by atoms with van der Waals surface area (Å²) in [5.41, 5.74) is 5.29. The summed E-state index contributed by atoms with van der Waals surface area (Å²) in [4.78, 5) is 0. The summed E-state index contributed by atoms with van der Waals surface area (Å²) in [6, 6.07) is 17.2. The lowest BCUT2D eigenvalue weighted by molar-refractivity contribution is 0.134. The molecule has 2 rings (SSSR count). The zero-order chi connectivity index (χ0) is 14.5. The average Bonchev–Trinajstić information content (AvgIpc) is 2.49. The summed E-state index contributed by atoms with van der Waals surface area (Å²) in [6.07, 6.45) is 1.05. The minimum atomic E-state index is 0.0183. The van der Waals surface area contributed by atoms with Gasteiger partial charge in [-0.1, -0.05) is 69.3 Å². The highest BCUT2D eigenvalue weighted by atomic mass is 16.5. The van der Waals surface area contributed by atoms with Gasteiger partial charge in [0.2, 0.25) is 0 Å². The number of hydrogen-bond donors (Lipinski definition) is 0. The lowest BCUT2D eigenvalue weighted by Crippen LogP contribution is -2.10. The van der Waals surface area contributed by atoms with Gasteiger partial charge in [0, 0.05) is 7.11 Å². The molecule has 0 aliphatic heterocycles. The first-order valence-corrected chi connectivity index (χ1v) is 7.38. The monoisotopic (exact) mass is 268 g/mol. The van der Waals surface area contributed by atoms with Crippen LogP contribution in [0.2, 0.25) is 0 Å². The lowest BCUT2D eigenvalue weighted by atomic mass is 9.89. The number of ether oxygens (including phenoxy) is 1. The maximum absolute atomic E-state index is 5.86. The van der Waals surface area contributed by atoms with E-state index in [0.717, 1.165) is 6.42 Å². The number of rotatable bonds is 5. The summed E-state index contributed by atoms with van der Waals surface area (Å²) in [5.74, 6) is 0.498. The average molecular weight is 268 g/mol. The molecule has 0 heterocycles. The molecule has 0 aliphatic carbocycles. The van der Waals surface area contributed by atoms with Crippen molar-refractivity contribution < 1.29 is 4.74 Å². The summed E-state index contributed by atoms with van der Waals surface area (Å²) in [5, 5.41) is 0. The van der Waals surface area contributed by atoms with Crippen LogP contribution in [0.25, 0.3) is 0 Å². The third-order valence-electron chi connectivity index (χ3n) is 3.85. The van der Waals surface area contributed by atoms with Crippen LogP contribution in [-0.2, 0) is 11.2 Å². The van der Waals surface area contributed by atoms with Crippen LogP contribution in [0.1, 0.15) is 55.0 Å². The van der Waals surface area contributed by atoms with Crippen LogP contribution >= 0.6 is 0 Å². The molecular formula is C19H24O. The maximum atomic E-state index is 5.86. The van der Waals surface area contributed by atoms with Gasteiger partial charge in [0.25, 0.3) is 0 Å². The van der Waals surface area contributed by atoms with Gasteiger partial charge >= 0.3 is 0 Å². The summed E-state index contributed by atoms with van der Waals surface area (Å²) < 4.78 is 5.86. The molecule has 0 aliphatic rings. The van der Waals surface area contributed by atoms with E-state index < -0.39 is 0 Å². The SMILES string of the molecule is CCc1ccccc1C(OC)c1ccccc1C(C)C. The summed E-state index contributed by atoms with van der Waals surface area (Å²) in [7, 11) is 1.80. The molecule has 1 heteroatoms. The van der Waals surface area contributed by atoms with Crippen molar-refractivity contribution >= 4 is 0 Å². The molecule has 0 bridgehead atoms. The largest absolute Gasteiger partial charge is 0.372 e. The van der Waals surface area contributed by atoms with Crippen molar-refractivity contribution in [2.75, 3.05) is 7.11 Å². The Hall–Kier alpha value is -1.60. The number of aryl methyl sites for hydroxylation is 1. The molecule has 0 N–H and O–H groups in total. The quantitative estimate of drug-likeness (QED) is 0.732. The number of benzene rings is 2. The van der Waals surface area contributed by atoms with Crippen LogP contribution in [0.4, 0.5) is 0 Å². The highest BCUT2D eigenvalue weighted by molar-refractivity contribution is 5.41. The fourth-order valence-corrected chi connectivity index (χ4v) is 2.81. The third kappa shape index (κ3) is 2.94. The Morgan fingerprint density at radius 2 is 1.40 bits per heavy atom. The highest BCUT2D eigenvalue weighted by Gasteiger charge is 2.19. The molecule has 2 aromatic carbocycles. The highest BCUT2D eigenvalue weighted by Crippen LogP contribution is 2.33. The molecule has 2 aromatic rings. The van der Waals surface area contributed by atoms with Gasteiger partial charge < -0.3 is 4.74 Å². The van der Waals surface area contributed by atoms with Crippen molar-refractivity contribution in [3.63, 3.8) is 0 Å². The molecule has 1 atom stereocenters. The molecule has 0 radical (unpaired) electrons. The van der Waals surface area contributed by atoms with Crippen molar-refractivity contribution in [3.05, 3.63) is 70.8 Å². The van der Waals surface area contributed by atoms with Crippen molar-refractivity contribution in [1.82, 2.24) is 0 Å². The van der Waals surface area contributed by atoms with Gasteiger partial charge in [0.1, 0.15) is 6.10 Å². The molecular weight excluding hydrogens is 244 g/mol. The first-order valence-electron chi connectivity index (χ1n) is 7.38. The lowest BCUT2D eigenvalue weighted by Gasteiger charge is -2.23. The van der Waals surface area contributed by atoms with Crippen molar-refractivity contribution in [3.8, 4) is 0 Å². The molecule has 1 nitrogen and oxygen atoms in total. The summed E-state index contributed by atoms with van der Waals surface area (Å²) >= 11 is 0. The second kappa shape index (κ2) is 6.71. The Kier molecular flexibility index (Phi) is 4.97. The van der Waals surface area contributed by atoms with Gasteiger partial charge in [-0.25, -0.2) is 0 Å². The standard InChI is InChI=1S/C19H24O/c1-5-15-10-6-7-12-17(15)19(20-4)18-13-9-8-11-16(18)14(2)3/h6-14,19H,5H2,1-4H3. The molecule has 0 aromatic heterocycles. The van der Waals surface area contributed by atoms with E-state index >= 15 is 0 Å². The second-order valence-corrected chi connectivity index (χ2v) is 5.45. The van der Waals surface area contributed by atoms with Crippen LogP contribution in [0.5, 0.6) is 0 Å². The maximum Gasteiger partial charge on any atom is 0.108 e. The normalized spacial score (nSPS) is 12.7. The van der Waals surface area contributed by atoms with Crippen molar-refractivity contribution in [1.29, 1.82) is 0 Å². The molecule has 0 saturated heterocycles. The first-order chi connectivity index (χ1) is 9.69. The van der Waals surface area contributed by atoms with Gasteiger partial charge in [0.15, 0.2) is 0 Å². The predicted molar refractivity (Wildman–Crippen MR) is 85.2 cm³/mol. The van der Waals surface area contributed by atoms with Crippen LogP contribution < -0.4 is 0 Å². The fourth-order valence-electron chi connectivity index (χ4n) is 2.81. The van der Waals surface area contributed by atoms with E-state index in [0.29, 0.717) is 5.92 Å². The number of methoxy groups -OCH3 is 1. The van der Waals surface area contributed by atoms with Gasteiger partial charge in [-0.3, -0.25) is 0 Å². The van der Waals surface area contributed by atoms with Crippen LogP contribution in [0.3, 0.4) is 0 Å². The van der Waals surface area contributed by atoms with E-state index in [1.54, 1.807) is 7.11 Å². The Labute approximate surface area is 122 Å². The molecule has 0 saturated carbocycles. The van der Waals surface area contributed by atoms with E-state index in [2.05, 4.69) is 69.3 Å². The predicted octanol–water partition coefficient (Wildman–Crippen LogP) is 5.11. The Morgan fingerprint density at radius 3 is 1.95 bits per heavy atom. The van der Waals surface area contributed by atoms with Gasteiger partial charge in [-0.2, -0.15) is 0 Å². The molecule has 0 amide bonds. The Morgan fingerprint density at radius 1 is 0.850 bits per heavy atom. The molecule has 106 valence electrons. The van der Waals surface area contributed by atoms with Gasteiger partial charge in [-0.15, -0.1) is 0 Å². The van der Waals surface area contributed by atoms with Crippen LogP contribution in [-0.4, -0.2) is 7.11 Å². The first kappa shape index (κ1) is 14.8. The molecule has 0 spiro atoms. The van der Waals surface area contributed by atoms with E-state index in [9.17, 15) is 0 Å². The zero-order valence-corrected chi connectivity index (χ0v) is 12.9. The smallest absolute Gasteiger partial charge is 0.108 e. The van der Waals surface area contributed by atoms with E-state index in [1.807, 2.05) is 0 Å². The second-order valence-electron chi connectivity index (χ2n) is 5.45. The number of hydrogen-bond acceptors (Lipinski definition) is 1. The Balaban J connectivity index is 2.53. The van der Waals surface area contributed by atoms with E-state index in [-0.39, 0.29) is 6.10 Å². The molecule has 0 fully saturated rings. The van der Waals surface area contributed by atoms with E-state index in [4.69, 9.17) is 4.74 Å². The zero-order valence-electron chi connectivity index (χ0n) is 12.9. The third-order valence-corrected chi connectivity index (χ3v) is 3.85. The van der Waals surface area contributed by atoms with Crippen LogP contribution in [0.15, 0.2) is 48.5 Å². The van der Waals surface area contributed by atoms with Crippen molar-refractivity contribution in [2.24, 2.45) is 0 Å². The fraction of sp³-hybridized carbons (Fsp3) is 0.368. The topological polar surface area (TPSA) is 9.23 Å². The van der Waals surface area contributed by atoms with Crippen molar-refractivity contribution in [2.45, 2.75) is 39.2 Å². The minimum Gasteiger partial charge on any atom is -0.372 e. The van der Waals surface area contributed by atoms with E-state index in [1.165, 1.54) is 22.3 Å². The molecule has 1 unspecified atom stereocenters. The Bertz CT molecular complexity index is 557. The molecule has 20 heavy (non-hydrogen) atoms. The van der Waals surface area contributed by atoms with Gasteiger partial charge in [-0.05, 0) is 34.6 Å². The van der Waals surface area contributed by atoms with Gasteiger partial charge in [0.05, 0.1) is 0 Å². The summed E-state index contributed by atoms with van der Waals surface area (Å²) in [6.45, 7) is 6.66.